The maximum atomic E-state index is 13.8. The third-order valence-electron chi connectivity index (χ3n) is 9.79. The topological polar surface area (TPSA) is 124 Å². The summed E-state index contributed by atoms with van der Waals surface area (Å²) in [6, 6.07) is 14.2. The molecule has 3 heterocycles. The van der Waals surface area contributed by atoms with E-state index in [4.69, 9.17) is 9.47 Å². The van der Waals surface area contributed by atoms with Crippen molar-refractivity contribution in [2.75, 3.05) is 60.0 Å². The summed E-state index contributed by atoms with van der Waals surface area (Å²) in [5.41, 5.74) is 0.838. The summed E-state index contributed by atoms with van der Waals surface area (Å²) in [6.45, 7) is 7.20. The van der Waals surface area contributed by atoms with Gasteiger partial charge in [-0.15, -0.1) is 0 Å². The van der Waals surface area contributed by atoms with Gasteiger partial charge in [0.2, 0.25) is 11.8 Å². The molecule has 2 aromatic rings. The molecule has 0 bridgehead atoms. The number of likely N-dealkylation sites (tertiary alicyclic amines) is 1. The van der Waals surface area contributed by atoms with E-state index in [1.165, 1.54) is 0 Å². The van der Waals surface area contributed by atoms with E-state index in [1.54, 1.807) is 29.2 Å². The number of benzene rings is 2. The van der Waals surface area contributed by atoms with E-state index in [0.717, 1.165) is 31.5 Å². The lowest BCUT2D eigenvalue weighted by atomic mass is 9.79. The van der Waals surface area contributed by atoms with Gasteiger partial charge in [-0.2, -0.15) is 0 Å². The van der Waals surface area contributed by atoms with Crippen molar-refractivity contribution in [1.29, 1.82) is 0 Å². The van der Waals surface area contributed by atoms with Gasteiger partial charge < -0.3 is 35.0 Å². The van der Waals surface area contributed by atoms with Gasteiger partial charge in [0, 0.05) is 58.0 Å². The highest BCUT2D eigenvalue weighted by Gasteiger charge is 2.55. The van der Waals surface area contributed by atoms with E-state index in [1.807, 2.05) is 43.3 Å². The first-order valence-corrected chi connectivity index (χ1v) is 17.1. The largest absolute Gasteiger partial charge is 0.457 e. The summed E-state index contributed by atoms with van der Waals surface area (Å²) >= 11 is 0. The quantitative estimate of drug-likeness (QED) is 0.303. The number of hydrogen-bond donors (Lipinski definition) is 3. The molecule has 3 fully saturated rings. The van der Waals surface area contributed by atoms with E-state index < -0.39 is 17.7 Å². The van der Waals surface area contributed by atoms with E-state index in [-0.39, 0.29) is 23.6 Å². The predicted molar refractivity (Wildman–Crippen MR) is 179 cm³/mol. The third-order valence-corrected chi connectivity index (χ3v) is 9.79. The number of aliphatic hydroxyl groups excluding tert-OH is 1. The molecule has 0 unspecified atom stereocenters. The highest BCUT2D eigenvalue weighted by Crippen LogP contribution is 2.36. The van der Waals surface area contributed by atoms with Crippen molar-refractivity contribution in [3.05, 3.63) is 59.7 Å². The predicted octanol–water partition coefficient (Wildman–Crippen LogP) is 3.02. The molecule has 3 aliphatic heterocycles. The molecule has 5 rings (SSSR count). The monoisotopic (exact) mass is 649 g/mol. The normalized spacial score (nSPS) is 21.1. The van der Waals surface area contributed by atoms with Crippen molar-refractivity contribution in [2.24, 2.45) is 5.92 Å². The van der Waals surface area contributed by atoms with Crippen molar-refractivity contribution in [1.82, 2.24) is 25.3 Å². The Hall–Kier alpha value is -3.51. The van der Waals surface area contributed by atoms with Gasteiger partial charge in [-0.3, -0.25) is 19.3 Å². The van der Waals surface area contributed by atoms with Crippen LogP contribution in [0, 0.1) is 5.92 Å². The van der Waals surface area contributed by atoms with Gasteiger partial charge in [-0.1, -0.05) is 25.5 Å². The zero-order valence-corrected chi connectivity index (χ0v) is 28.1. The summed E-state index contributed by atoms with van der Waals surface area (Å²) in [4.78, 5) is 46.1. The van der Waals surface area contributed by atoms with Crippen LogP contribution in [0.5, 0.6) is 11.5 Å². The number of hydrogen-bond acceptors (Lipinski definition) is 8. The van der Waals surface area contributed by atoms with Crippen LogP contribution in [0.2, 0.25) is 0 Å². The fraction of sp³-hybridized carbons (Fsp3) is 0.583. The van der Waals surface area contributed by atoms with Crippen LogP contribution in [-0.4, -0.2) is 115 Å². The van der Waals surface area contributed by atoms with Crippen molar-refractivity contribution in [3.63, 3.8) is 0 Å². The van der Waals surface area contributed by atoms with Gasteiger partial charge in [0.1, 0.15) is 23.1 Å². The first kappa shape index (κ1) is 34.8. The molecule has 0 aliphatic carbocycles. The summed E-state index contributed by atoms with van der Waals surface area (Å²) in [5.74, 6) is 0.901. The smallest absolute Gasteiger partial charge is 0.251 e. The van der Waals surface area contributed by atoms with Gasteiger partial charge in [-0.05, 0) is 94.1 Å². The fourth-order valence-corrected chi connectivity index (χ4v) is 6.84. The number of nitrogens with one attached hydrogen (secondary N) is 2. The van der Waals surface area contributed by atoms with Crippen molar-refractivity contribution < 1.29 is 29.0 Å². The second-order valence-corrected chi connectivity index (χ2v) is 13.4. The van der Waals surface area contributed by atoms with E-state index >= 15 is 0 Å². The minimum atomic E-state index is -0.909. The molecular weight excluding hydrogens is 598 g/mol. The van der Waals surface area contributed by atoms with E-state index in [9.17, 15) is 19.5 Å². The average molecular weight is 650 g/mol. The van der Waals surface area contributed by atoms with Crippen LogP contribution in [0.3, 0.4) is 0 Å². The van der Waals surface area contributed by atoms with Gasteiger partial charge in [0.15, 0.2) is 0 Å². The molecule has 11 heteroatoms. The molecule has 1 spiro atoms. The Morgan fingerprint density at radius 1 is 1.06 bits per heavy atom. The molecule has 0 saturated carbocycles. The molecule has 3 aliphatic rings. The Labute approximate surface area is 278 Å². The highest BCUT2D eigenvalue weighted by atomic mass is 16.5. The number of carbonyl (C=O) groups excluding carboxylic acids is 3. The summed E-state index contributed by atoms with van der Waals surface area (Å²) in [7, 11) is 3.93. The van der Waals surface area contributed by atoms with Crippen LogP contribution in [0.1, 0.15) is 61.4 Å². The van der Waals surface area contributed by atoms with Crippen molar-refractivity contribution >= 4 is 17.7 Å². The first-order chi connectivity index (χ1) is 22.7. The summed E-state index contributed by atoms with van der Waals surface area (Å²) in [5, 5.41) is 17.0. The second-order valence-electron chi connectivity index (χ2n) is 13.4. The molecule has 3 saturated heterocycles. The van der Waals surface area contributed by atoms with Crippen LogP contribution in [0.15, 0.2) is 48.5 Å². The Bertz CT molecular complexity index is 1340. The second kappa shape index (κ2) is 16.1. The number of likely N-dealkylation sites (N-methyl/N-ethyl adjacent to an activating group) is 1. The van der Waals surface area contributed by atoms with Crippen molar-refractivity contribution in [2.45, 2.75) is 69.7 Å². The molecule has 2 atom stereocenters. The zero-order chi connectivity index (χ0) is 33.4. The number of aliphatic hydroxyl groups is 1. The lowest BCUT2D eigenvalue weighted by molar-refractivity contribution is -0.166. The Balaban J connectivity index is 1.15. The van der Waals surface area contributed by atoms with Gasteiger partial charge in [0.25, 0.3) is 5.91 Å². The van der Waals surface area contributed by atoms with E-state index in [0.29, 0.717) is 82.1 Å². The Morgan fingerprint density at radius 2 is 1.70 bits per heavy atom. The molecule has 47 heavy (non-hydrogen) atoms. The maximum absolute atomic E-state index is 13.8. The Kier molecular flexibility index (Phi) is 11.9. The molecular formula is C36H51N5O6. The molecule has 11 nitrogen and oxygen atoms in total. The minimum absolute atomic E-state index is 0.0597. The standard InChI is InChI=1S/C36H51N5O6/c1-4-5-19-41-34(44)31(32(42)27-14-23-46-24-15-27)38-35(45)36(41)16-20-40(21-17-36)25-26-6-10-29(11-7-26)47-30-12-8-28(9-13-30)33(43)37-18-22-39(2)3/h6-13,27,31-32,42H,4-5,14-25H2,1-3H3,(H,37,43)(H,38,45)/t31-,32-/m1/s1. The molecule has 3 N–H and O–H groups in total. The number of amides is 3. The number of carbonyl (C=O) groups is 3. The summed E-state index contributed by atoms with van der Waals surface area (Å²) in [6.07, 6.45) is 3.31. The molecule has 3 amide bonds. The minimum Gasteiger partial charge on any atom is -0.457 e. The van der Waals surface area contributed by atoms with Gasteiger partial charge >= 0.3 is 0 Å². The molecule has 256 valence electrons. The van der Waals surface area contributed by atoms with Crippen LogP contribution in [0.4, 0.5) is 0 Å². The number of piperazine rings is 1. The van der Waals surface area contributed by atoms with Crippen LogP contribution in [-0.2, 0) is 20.9 Å². The fourth-order valence-electron chi connectivity index (χ4n) is 6.84. The van der Waals surface area contributed by atoms with Crippen LogP contribution in [0.25, 0.3) is 0 Å². The van der Waals surface area contributed by atoms with Crippen LogP contribution >= 0.6 is 0 Å². The first-order valence-electron chi connectivity index (χ1n) is 17.1. The number of rotatable bonds is 13. The van der Waals surface area contributed by atoms with E-state index in [2.05, 4.69) is 22.5 Å². The maximum Gasteiger partial charge on any atom is 0.251 e. The number of ether oxygens (including phenoxy) is 2. The van der Waals surface area contributed by atoms with Crippen LogP contribution < -0.4 is 15.4 Å². The lowest BCUT2D eigenvalue weighted by Crippen LogP contribution is -2.75. The molecule has 0 aromatic heterocycles. The number of nitrogens with zero attached hydrogens (tertiary/aromatic N) is 3. The SMILES string of the molecule is CCCCN1C(=O)[C@@H]([C@H](O)C2CCOCC2)NC(=O)C12CCN(Cc1ccc(Oc3ccc(C(=O)NCCN(C)C)cc3)cc1)CC2. The highest BCUT2D eigenvalue weighted by molar-refractivity contribution is 6.00. The number of piperidine rings is 1. The molecule has 2 aromatic carbocycles. The van der Waals surface area contributed by atoms with Crippen molar-refractivity contribution in [3.8, 4) is 11.5 Å². The third kappa shape index (κ3) is 8.51. The van der Waals surface area contributed by atoms with Gasteiger partial charge in [0.05, 0.1) is 6.10 Å². The Morgan fingerprint density at radius 3 is 2.32 bits per heavy atom. The summed E-state index contributed by atoms with van der Waals surface area (Å²) < 4.78 is 11.5. The zero-order valence-electron chi connectivity index (χ0n) is 28.1. The lowest BCUT2D eigenvalue weighted by Gasteiger charge is -2.52. The molecule has 0 radical (unpaired) electrons. The van der Waals surface area contributed by atoms with Gasteiger partial charge in [-0.25, -0.2) is 0 Å². The number of unbranched alkanes of at least 4 members (excludes halogenated alkanes) is 1. The average Bonchev–Trinajstić information content (AvgIpc) is 3.08.